The summed E-state index contributed by atoms with van der Waals surface area (Å²) in [7, 11) is 0. The highest BCUT2D eigenvalue weighted by Gasteiger charge is 2.11. The second kappa shape index (κ2) is 14.6. The van der Waals surface area contributed by atoms with Crippen LogP contribution >= 0.6 is 0 Å². The Morgan fingerprint density at radius 1 is 0.893 bits per heavy atom. The molecule has 1 rings (SSSR count). The minimum atomic E-state index is 0.0175. The number of aliphatic hydroxyl groups excluding tert-OH is 2. The molecule has 28 heavy (non-hydrogen) atoms. The van der Waals surface area contributed by atoms with Crippen LogP contribution in [0.4, 0.5) is 0 Å². The second-order valence-corrected chi connectivity index (χ2v) is 8.23. The van der Waals surface area contributed by atoms with Gasteiger partial charge in [-0.3, -0.25) is 0 Å². The highest BCUT2D eigenvalue weighted by molar-refractivity contribution is 5.36. The van der Waals surface area contributed by atoms with E-state index in [0.717, 1.165) is 50.5 Å². The lowest BCUT2D eigenvalue weighted by Gasteiger charge is -2.17. The maximum atomic E-state index is 9.33. The van der Waals surface area contributed by atoms with E-state index in [1.807, 2.05) is 6.92 Å². The third-order valence-corrected chi connectivity index (χ3v) is 5.75. The van der Waals surface area contributed by atoms with Gasteiger partial charge in [-0.05, 0) is 81.4 Å². The highest BCUT2D eigenvalue weighted by Crippen LogP contribution is 2.23. The first kappa shape index (κ1) is 24.7. The van der Waals surface area contributed by atoms with Gasteiger partial charge in [0.2, 0.25) is 0 Å². The van der Waals surface area contributed by atoms with Crippen LogP contribution in [-0.4, -0.2) is 23.4 Å². The lowest BCUT2D eigenvalue weighted by Crippen LogP contribution is -2.11. The van der Waals surface area contributed by atoms with Gasteiger partial charge in [-0.2, -0.15) is 0 Å². The monoisotopic (exact) mass is 386 g/mol. The van der Waals surface area contributed by atoms with E-state index in [0.29, 0.717) is 0 Å². The molecule has 2 nitrogen and oxygen atoms in total. The van der Waals surface area contributed by atoms with E-state index in [1.54, 1.807) is 0 Å². The Kier molecular flexibility index (Phi) is 12.9. The Morgan fingerprint density at radius 3 is 2.04 bits per heavy atom. The minimum absolute atomic E-state index is 0.0175. The minimum Gasteiger partial charge on any atom is -0.396 e. The maximum Gasteiger partial charge on any atom is 0.0481 e. The van der Waals surface area contributed by atoms with Gasteiger partial charge in [0.15, 0.2) is 0 Å². The molecule has 0 spiro atoms. The molecule has 1 aromatic rings. The number of hydrogen-bond acceptors (Lipinski definition) is 2. The molecule has 0 aliphatic heterocycles. The van der Waals surface area contributed by atoms with Crippen LogP contribution in [0, 0.1) is 5.92 Å². The van der Waals surface area contributed by atoms with E-state index in [9.17, 15) is 10.2 Å². The summed E-state index contributed by atoms with van der Waals surface area (Å²) in [5, 5.41) is 18.7. The predicted molar refractivity (Wildman–Crippen MR) is 122 cm³/mol. The molecular weight excluding hydrogens is 344 g/mol. The molecule has 0 aliphatic rings. The fourth-order valence-corrected chi connectivity index (χ4v) is 3.72. The Balaban J connectivity index is 2.74. The number of aliphatic hydroxyl groups is 2. The van der Waals surface area contributed by atoms with Crippen molar-refractivity contribution in [2.75, 3.05) is 13.2 Å². The Bertz CT molecular complexity index is 584. The largest absolute Gasteiger partial charge is 0.396 e. The topological polar surface area (TPSA) is 40.5 Å². The standard InChI is InChI=1S/C26H42O2/c1-5-6-7-14-24-16-11-17-25(15-9-8-12-22(4)21(2)3)26(24)18-10-13-23(19-27)20-28/h11,16-17,23,27-28H,2,4-10,12-15,18-20H2,1,3H3. The zero-order chi connectivity index (χ0) is 20.8. The van der Waals surface area contributed by atoms with Gasteiger partial charge in [0.1, 0.15) is 0 Å². The summed E-state index contributed by atoms with van der Waals surface area (Å²) in [6.45, 7) is 12.5. The number of rotatable bonds is 16. The smallest absolute Gasteiger partial charge is 0.0481 e. The van der Waals surface area contributed by atoms with Crippen molar-refractivity contribution in [2.24, 2.45) is 5.92 Å². The Labute approximate surface area is 173 Å². The fraction of sp³-hybridized carbons (Fsp3) is 0.615. The van der Waals surface area contributed by atoms with Crippen molar-refractivity contribution in [3.8, 4) is 0 Å². The summed E-state index contributed by atoms with van der Waals surface area (Å²) in [6.07, 6.45) is 12.4. The second-order valence-electron chi connectivity index (χ2n) is 8.23. The van der Waals surface area contributed by atoms with Gasteiger partial charge in [-0.25, -0.2) is 0 Å². The zero-order valence-electron chi connectivity index (χ0n) is 18.3. The Hall–Kier alpha value is -1.38. The summed E-state index contributed by atoms with van der Waals surface area (Å²) >= 11 is 0. The van der Waals surface area contributed by atoms with Crippen LogP contribution in [0.2, 0.25) is 0 Å². The number of aryl methyl sites for hydroxylation is 2. The van der Waals surface area contributed by atoms with Crippen molar-refractivity contribution in [1.82, 2.24) is 0 Å². The van der Waals surface area contributed by atoms with Crippen LogP contribution in [0.3, 0.4) is 0 Å². The third-order valence-electron chi connectivity index (χ3n) is 5.75. The van der Waals surface area contributed by atoms with Crippen molar-refractivity contribution >= 4 is 0 Å². The van der Waals surface area contributed by atoms with Gasteiger partial charge < -0.3 is 10.2 Å². The molecule has 0 atom stereocenters. The van der Waals surface area contributed by atoms with E-state index < -0.39 is 0 Å². The fourth-order valence-electron chi connectivity index (χ4n) is 3.72. The number of unbranched alkanes of at least 4 members (excludes halogenated alkanes) is 3. The highest BCUT2D eigenvalue weighted by atomic mass is 16.3. The summed E-state index contributed by atoms with van der Waals surface area (Å²) in [4.78, 5) is 0. The molecule has 0 heterocycles. The zero-order valence-corrected chi connectivity index (χ0v) is 18.3. The van der Waals surface area contributed by atoms with E-state index >= 15 is 0 Å². The van der Waals surface area contributed by atoms with Crippen LogP contribution in [-0.2, 0) is 19.3 Å². The van der Waals surface area contributed by atoms with Gasteiger partial charge in [0.05, 0.1) is 0 Å². The predicted octanol–water partition coefficient (Wildman–Crippen LogP) is 6.19. The summed E-state index contributed by atoms with van der Waals surface area (Å²) in [5.74, 6) is 0.0175. The van der Waals surface area contributed by atoms with Crippen LogP contribution in [0.15, 0.2) is 42.5 Å². The van der Waals surface area contributed by atoms with Crippen molar-refractivity contribution in [3.63, 3.8) is 0 Å². The molecule has 1 aromatic carbocycles. The van der Waals surface area contributed by atoms with Crippen molar-refractivity contribution in [2.45, 2.75) is 84.5 Å². The summed E-state index contributed by atoms with van der Waals surface area (Å²) < 4.78 is 0. The average Bonchev–Trinajstić information content (AvgIpc) is 2.69. The molecule has 158 valence electrons. The number of benzene rings is 1. The van der Waals surface area contributed by atoms with Crippen LogP contribution in [0.5, 0.6) is 0 Å². The summed E-state index contributed by atoms with van der Waals surface area (Å²) in [5.41, 5.74) is 6.78. The van der Waals surface area contributed by atoms with E-state index in [4.69, 9.17) is 0 Å². The summed E-state index contributed by atoms with van der Waals surface area (Å²) in [6, 6.07) is 6.81. The molecule has 2 N–H and O–H groups in total. The van der Waals surface area contributed by atoms with Gasteiger partial charge in [0.25, 0.3) is 0 Å². The molecule has 0 amide bonds. The van der Waals surface area contributed by atoms with Crippen LogP contribution < -0.4 is 0 Å². The first-order chi connectivity index (χ1) is 13.5. The van der Waals surface area contributed by atoms with Crippen LogP contribution in [0.25, 0.3) is 0 Å². The molecule has 0 saturated carbocycles. The van der Waals surface area contributed by atoms with Crippen molar-refractivity contribution in [3.05, 3.63) is 59.2 Å². The Morgan fingerprint density at radius 2 is 1.50 bits per heavy atom. The van der Waals surface area contributed by atoms with Gasteiger partial charge >= 0.3 is 0 Å². The van der Waals surface area contributed by atoms with Gasteiger partial charge in [-0.1, -0.05) is 62.3 Å². The SMILES string of the molecule is C=C(C)C(=C)CCCCc1cccc(CCCCC)c1CCCC(CO)CO. The normalized spacial score (nSPS) is 11.2. The lowest BCUT2D eigenvalue weighted by molar-refractivity contribution is 0.142. The lowest BCUT2D eigenvalue weighted by atomic mass is 9.89. The van der Waals surface area contributed by atoms with Crippen molar-refractivity contribution < 1.29 is 10.2 Å². The first-order valence-electron chi connectivity index (χ1n) is 11.2. The average molecular weight is 387 g/mol. The molecule has 2 heteroatoms. The quantitative estimate of drug-likeness (QED) is 0.263. The third kappa shape index (κ3) is 9.21. The maximum absolute atomic E-state index is 9.33. The molecule has 0 unspecified atom stereocenters. The van der Waals surface area contributed by atoms with Gasteiger partial charge in [0, 0.05) is 19.1 Å². The molecule has 0 bridgehead atoms. The molecule has 0 fully saturated rings. The molecule has 0 radical (unpaired) electrons. The molecule has 0 aromatic heterocycles. The van der Waals surface area contributed by atoms with E-state index in [2.05, 4.69) is 38.3 Å². The molecular formula is C26H42O2. The van der Waals surface area contributed by atoms with E-state index in [1.165, 1.54) is 47.9 Å². The molecule has 0 aliphatic carbocycles. The van der Waals surface area contributed by atoms with Crippen LogP contribution in [0.1, 0.15) is 81.9 Å². The number of allylic oxidation sites excluding steroid dienone is 2. The van der Waals surface area contributed by atoms with Gasteiger partial charge in [-0.15, -0.1) is 0 Å². The van der Waals surface area contributed by atoms with E-state index in [-0.39, 0.29) is 19.1 Å². The van der Waals surface area contributed by atoms with Crippen molar-refractivity contribution in [1.29, 1.82) is 0 Å². The number of hydrogen-bond donors (Lipinski definition) is 2. The first-order valence-corrected chi connectivity index (χ1v) is 11.2. The molecule has 0 saturated heterocycles.